The summed E-state index contributed by atoms with van der Waals surface area (Å²) in [5, 5.41) is 2.77. The molecular weight excluding hydrogens is 442 g/mol. The molecule has 3 aromatic carbocycles. The smallest absolute Gasteiger partial charge is 0.207 e. The first-order chi connectivity index (χ1) is 15.6. The van der Waals surface area contributed by atoms with E-state index >= 15 is 0 Å². The van der Waals surface area contributed by atoms with Crippen molar-refractivity contribution in [3.63, 3.8) is 0 Å². The van der Waals surface area contributed by atoms with Crippen LogP contribution in [0.15, 0.2) is 89.8 Å². The molecule has 0 amide bonds. The first-order valence-corrected chi connectivity index (χ1v) is 15.3. The Bertz CT molecular complexity index is 1150. The first kappa shape index (κ1) is 23.9. The minimum atomic E-state index is -3.54. The fraction of sp³-hybridized carbons (Fsp3) is 0.357. The lowest BCUT2D eigenvalue weighted by Crippen LogP contribution is -2.68. The Morgan fingerprint density at radius 1 is 0.788 bits per heavy atom. The van der Waals surface area contributed by atoms with Crippen LogP contribution in [0.1, 0.15) is 33.3 Å². The van der Waals surface area contributed by atoms with Crippen LogP contribution >= 0.6 is 0 Å². The van der Waals surface area contributed by atoms with E-state index in [0.29, 0.717) is 18.0 Å². The molecule has 1 fully saturated rings. The van der Waals surface area contributed by atoms with Crippen molar-refractivity contribution in [1.29, 1.82) is 0 Å². The standard InChI is InChI=1S/C28H35NO2SSi/c1-22-16-18-24(19-17-22)32(30,31)29-20-23(2)27(21-29)33(28(3,4)5,25-12-8-6-9-13-25)26-14-10-7-11-15-26/h6-19,23,27H,20-21H2,1-5H3/t23-,27-/m1/s1. The third kappa shape index (κ3) is 4.11. The van der Waals surface area contributed by atoms with E-state index in [0.717, 1.165) is 5.56 Å². The van der Waals surface area contributed by atoms with Crippen molar-refractivity contribution in [2.75, 3.05) is 13.1 Å². The van der Waals surface area contributed by atoms with Crippen molar-refractivity contribution in [2.24, 2.45) is 5.92 Å². The molecule has 0 aromatic heterocycles. The van der Waals surface area contributed by atoms with Crippen LogP contribution in [-0.4, -0.2) is 33.9 Å². The number of benzene rings is 3. The molecule has 3 nitrogen and oxygen atoms in total. The van der Waals surface area contributed by atoms with Crippen molar-refractivity contribution < 1.29 is 8.42 Å². The van der Waals surface area contributed by atoms with Crippen molar-refractivity contribution >= 4 is 28.5 Å². The summed E-state index contributed by atoms with van der Waals surface area (Å²) < 4.78 is 29.0. The Hall–Kier alpha value is -2.21. The molecule has 1 heterocycles. The summed E-state index contributed by atoms with van der Waals surface area (Å²) in [7, 11) is -5.95. The quantitative estimate of drug-likeness (QED) is 0.481. The summed E-state index contributed by atoms with van der Waals surface area (Å²) in [6.45, 7) is 12.4. The highest BCUT2D eigenvalue weighted by atomic mass is 32.2. The predicted octanol–water partition coefficient (Wildman–Crippen LogP) is 5.07. The van der Waals surface area contributed by atoms with E-state index in [9.17, 15) is 8.42 Å². The number of hydrogen-bond donors (Lipinski definition) is 0. The third-order valence-electron chi connectivity index (χ3n) is 7.44. The molecule has 33 heavy (non-hydrogen) atoms. The maximum Gasteiger partial charge on any atom is 0.243 e. The largest absolute Gasteiger partial charge is 0.243 e. The molecular formula is C28H35NO2SSi. The Kier molecular flexibility index (Phi) is 6.42. The molecule has 0 radical (unpaired) electrons. The molecule has 3 aromatic rings. The topological polar surface area (TPSA) is 37.4 Å². The summed E-state index contributed by atoms with van der Waals surface area (Å²) in [6.07, 6.45) is 0. The zero-order chi connectivity index (χ0) is 23.9. The van der Waals surface area contributed by atoms with Crippen molar-refractivity contribution in [3.05, 3.63) is 90.5 Å². The van der Waals surface area contributed by atoms with Crippen LogP contribution in [0.3, 0.4) is 0 Å². The molecule has 1 saturated heterocycles. The van der Waals surface area contributed by atoms with Crippen LogP contribution in [0, 0.1) is 12.8 Å². The molecule has 0 N–H and O–H groups in total. The Balaban J connectivity index is 1.86. The van der Waals surface area contributed by atoms with Crippen LogP contribution in [0.25, 0.3) is 0 Å². The van der Waals surface area contributed by atoms with Gasteiger partial charge < -0.3 is 0 Å². The highest BCUT2D eigenvalue weighted by Gasteiger charge is 2.57. The second-order valence-corrected chi connectivity index (χ2v) is 17.5. The monoisotopic (exact) mass is 477 g/mol. The maximum atomic E-state index is 13.6. The molecule has 0 spiro atoms. The van der Waals surface area contributed by atoms with E-state index < -0.39 is 18.1 Å². The van der Waals surface area contributed by atoms with Gasteiger partial charge in [0, 0.05) is 13.1 Å². The molecule has 2 atom stereocenters. The van der Waals surface area contributed by atoms with Gasteiger partial charge in [0.2, 0.25) is 10.0 Å². The molecule has 0 bridgehead atoms. The van der Waals surface area contributed by atoms with Crippen LogP contribution in [0.4, 0.5) is 0 Å². The number of sulfonamides is 1. The average Bonchev–Trinajstić information content (AvgIpc) is 3.18. The molecule has 4 rings (SSSR count). The number of nitrogens with zero attached hydrogens (tertiary/aromatic N) is 1. The van der Waals surface area contributed by atoms with Crippen molar-refractivity contribution in [1.82, 2.24) is 4.31 Å². The first-order valence-electron chi connectivity index (χ1n) is 11.8. The second-order valence-electron chi connectivity index (χ2n) is 10.5. The number of rotatable bonds is 5. The molecule has 1 aliphatic rings. The van der Waals surface area contributed by atoms with Gasteiger partial charge >= 0.3 is 0 Å². The highest BCUT2D eigenvalue weighted by molar-refractivity contribution is 7.89. The minimum absolute atomic E-state index is 0.00172. The summed E-state index contributed by atoms with van der Waals surface area (Å²) in [5.41, 5.74) is 1.33. The van der Waals surface area contributed by atoms with Gasteiger partial charge in [0.25, 0.3) is 0 Å². The van der Waals surface area contributed by atoms with Gasteiger partial charge in [-0.25, -0.2) is 8.42 Å². The average molecular weight is 478 g/mol. The van der Waals surface area contributed by atoms with E-state index in [2.05, 4.69) is 88.4 Å². The van der Waals surface area contributed by atoms with Crippen LogP contribution < -0.4 is 10.4 Å². The summed E-state index contributed by atoms with van der Waals surface area (Å²) in [4.78, 5) is 0.392. The molecule has 174 valence electrons. The van der Waals surface area contributed by atoms with Crippen molar-refractivity contribution in [2.45, 2.75) is 50.1 Å². The lowest BCUT2D eigenvalue weighted by molar-refractivity contribution is 0.464. The fourth-order valence-corrected chi connectivity index (χ4v) is 14.6. The maximum absolute atomic E-state index is 13.6. The normalized spacial score (nSPS) is 20.2. The van der Waals surface area contributed by atoms with Gasteiger partial charge in [0.1, 0.15) is 8.07 Å². The Morgan fingerprint density at radius 3 is 1.73 bits per heavy atom. The summed E-state index contributed by atoms with van der Waals surface area (Å²) in [5.74, 6) is 0.261. The predicted molar refractivity (Wildman–Crippen MR) is 140 cm³/mol. The van der Waals surface area contributed by atoms with Gasteiger partial charge in [-0.15, -0.1) is 0 Å². The number of aryl methyl sites for hydroxylation is 1. The zero-order valence-electron chi connectivity index (χ0n) is 20.3. The summed E-state index contributed by atoms with van der Waals surface area (Å²) >= 11 is 0. The lowest BCUT2D eigenvalue weighted by Gasteiger charge is -2.49. The summed E-state index contributed by atoms with van der Waals surface area (Å²) in [6, 6.07) is 29.0. The number of hydrogen-bond acceptors (Lipinski definition) is 2. The van der Waals surface area contributed by atoms with Crippen LogP contribution in [0.5, 0.6) is 0 Å². The Labute approximate surface area is 200 Å². The molecule has 1 aliphatic heterocycles. The van der Waals surface area contributed by atoms with E-state index in [1.807, 2.05) is 19.1 Å². The third-order valence-corrected chi connectivity index (χ3v) is 16.0. The Morgan fingerprint density at radius 2 is 1.27 bits per heavy atom. The van der Waals surface area contributed by atoms with Crippen LogP contribution in [-0.2, 0) is 10.0 Å². The van der Waals surface area contributed by atoms with Gasteiger partial charge in [0.05, 0.1) is 4.90 Å². The molecule has 0 saturated carbocycles. The van der Waals surface area contributed by atoms with Gasteiger partial charge in [-0.2, -0.15) is 4.31 Å². The van der Waals surface area contributed by atoms with E-state index in [4.69, 9.17) is 0 Å². The molecule has 5 heteroatoms. The second kappa shape index (κ2) is 8.86. The van der Waals surface area contributed by atoms with Gasteiger partial charge in [0.15, 0.2) is 0 Å². The van der Waals surface area contributed by atoms with Gasteiger partial charge in [-0.05, 0) is 35.6 Å². The SMILES string of the molecule is Cc1ccc(S(=O)(=O)N2C[C@@H](C)[C@H]([Si](c3ccccc3)(c3ccccc3)C(C)(C)C)C2)cc1. The minimum Gasteiger partial charge on any atom is -0.207 e. The fourth-order valence-electron chi connectivity index (χ4n) is 5.96. The zero-order valence-corrected chi connectivity index (χ0v) is 22.1. The highest BCUT2D eigenvalue weighted by Crippen LogP contribution is 2.49. The van der Waals surface area contributed by atoms with Gasteiger partial charge in [-0.3, -0.25) is 0 Å². The van der Waals surface area contributed by atoms with Crippen LogP contribution in [0.2, 0.25) is 10.6 Å². The van der Waals surface area contributed by atoms with Gasteiger partial charge in [-0.1, -0.05) is 116 Å². The molecule has 0 unspecified atom stereocenters. The lowest BCUT2D eigenvalue weighted by atomic mass is 10.1. The molecule has 0 aliphatic carbocycles. The van der Waals surface area contributed by atoms with E-state index in [1.165, 1.54) is 10.4 Å². The van der Waals surface area contributed by atoms with E-state index in [-0.39, 0.29) is 16.5 Å². The van der Waals surface area contributed by atoms with Crippen molar-refractivity contribution in [3.8, 4) is 0 Å². The van der Waals surface area contributed by atoms with E-state index in [1.54, 1.807) is 16.4 Å².